The number of carbonyl (C=O) groups excluding carboxylic acids is 1. The molecule has 0 atom stereocenters. The van der Waals surface area contributed by atoms with Gasteiger partial charge in [0.15, 0.2) is 0 Å². The van der Waals surface area contributed by atoms with E-state index in [0.29, 0.717) is 18.1 Å². The molecule has 3 aromatic rings. The number of pyridine rings is 1. The Morgan fingerprint density at radius 1 is 1.43 bits per heavy atom. The van der Waals surface area contributed by atoms with Crippen LogP contribution in [0.25, 0.3) is 10.9 Å². The number of carbonyl (C=O) groups is 1. The first kappa shape index (κ1) is 17.2. The molecule has 2 aromatic heterocycles. The molecule has 0 fully saturated rings. The minimum atomic E-state index is -0.258. The van der Waals surface area contributed by atoms with Gasteiger partial charge in [-0.25, -0.2) is 4.68 Å². The van der Waals surface area contributed by atoms with E-state index in [1.54, 1.807) is 16.9 Å². The van der Waals surface area contributed by atoms with E-state index in [-0.39, 0.29) is 27.0 Å². The largest absolute Gasteiger partial charge is 0.300 e. The van der Waals surface area contributed by atoms with E-state index in [4.69, 9.17) is 0 Å². The van der Waals surface area contributed by atoms with Gasteiger partial charge in [0.1, 0.15) is 0 Å². The molecule has 3 rings (SSSR count). The van der Waals surface area contributed by atoms with Crippen molar-refractivity contribution in [1.82, 2.24) is 25.2 Å². The fourth-order valence-electron chi connectivity index (χ4n) is 2.28. The molecule has 1 N–H and O–H groups in total. The smallest absolute Gasteiger partial charge is 0.248 e. The fourth-order valence-corrected chi connectivity index (χ4v) is 2.28. The van der Waals surface area contributed by atoms with Crippen molar-refractivity contribution in [2.75, 3.05) is 5.32 Å². The van der Waals surface area contributed by atoms with Gasteiger partial charge in [-0.05, 0) is 22.4 Å². The van der Waals surface area contributed by atoms with Crippen LogP contribution in [-0.4, -0.2) is 31.1 Å². The molecule has 0 spiro atoms. The van der Waals surface area contributed by atoms with Crippen LogP contribution in [0.15, 0.2) is 24.4 Å². The van der Waals surface area contributed by atoms with E-state index < -0.39 is 0 Å². The summed E-state index contributed by atoms with van der Waals surface area (Å²) in [6, 6.07) is 8.44. The summed E-state index contributed by atoms with van der Waals surface area (Å²) in [5.41, 5.74) is 2.13. The predicted molar refractivity (Wildman–Crippen MR) is 81.4 cm³/mol. The SMILES string of the molecule is CCCn1nnnc1NC(=O)c1c[c-]c2ncccc2c1C.[W]. The van der Waals surface area contributed by atoms with E-state index in [2.05, 4.69) is 31.9 Å². The van der Waals surface area contributed by atoms with E-state index in [0.717, 1.165) is 22.9 Å². The minimum Gasteiger partial charge on any atom is -0.300 e. The number of hydrogen-bond donors (Lipinski definition) is 1. The minimum absolute atomic E-state index is 0. The molecule has 0 saturated carbocycles. The molecule has 118 valence electrons. The van der Waals surface area contributed by atoms with Gasteiger partial charge in [0, 0.05) is 33.8 Å². The fraction of sp³-hybridized carbons (Fsp3) is 0.267. The molecule has 1 amide bonds. The van der Waals surface area contributed by atoms with E-state index in [1.807, 2.05) is 26.0 Å². The summed E-state index contributed by atoms with van der Waals surface area (Å²) in [5, 5.41) is 14.9. The van der Waals surface area contributed by atoms with Crippen LogP contribution in [0.2, 0.25) is 0 Å². The number of aromatic nitrogens is 5. The summed E-state index contributed by atoms with van der Waals surface area (Å²) < 4.78 is 1.57. The van der Waals surface area contributed by atoms with E-state index >= 15 is 0 Å². The monoisotopic (exact) mass is 479 g/mol. The Morgan fingerprint density at radius 2 is 2.26 bits per heavy atom. The first-order valence-corrected chi connectivity index (χ1v) is 7.04. The van der Waals surface area contributed by atoms with Crippen LogP contribution in [-0.2, 0) is 27.6 Å². The second-order valence-electron chi connectivity index (χ2n) is 4.91. The third-order valence-electron chi connectivity index (χ3n) is 3.41. The average Bonchev–Trinajstić information content (AvgIpc) is 2.95. The van der Waals surface area contributed by atoms with Crippen molar-refractivity contribution in [3.8, 4) is 0 Å². The van der Waals surface area contributed by atoms with Gasteiger partial charge in [-0.2, -0.15) is 12.1 Å². The molecule has 0 saturated heterocycles. The summed E-state index contributed by atoms with van der Waals surface area (Å²) in [6.07, 6.45) is 2.58. The van der Waals surface area contributed by atoms with Gasteiger partial charge in [0.05, 0.1) is 0 Å². The van der Waals surface area contributed by atoms with Gasteiger partial charge in [-0.15, -0.1) is 17.0 Å². The van der Waals surface area contributed by atoms with Gasteiger partial charge in [-0.3, -0.25) is 15.1 Å². The first-order valence-electron chi connectivity index (χ1n) is 7.04. The average molecular weight is 479 g/mol. The van der Waals surface area contributed by atoms with Gasteiger partial charge < -0.3 is 0 Å². The molecule has 0 unspecified atom stereocenters. The van der Waals surface area contributed by atoms with Crippen LogP contribution in [0.5, 0.6) is 0 Å². The molecule has 7 nitrogen and oxygen atoms in total. The van der Waals surface area contributed by atoms with Crippen molar-refractivity contribution in [3.05, 3.63) is 41.6 Å². The third-order valence-corrected chi connectivity index (χ3v) is 3.41. The molecule has 0 bridgehead atoms. The molecule has 0 aliphatic rings. The van der Waals surface area contributed by atoms with Crippen molar-refractivity contribution >= 4 is 22.8 Å². The zero-order valence-corrected chi connectivity index (χ0v) is 15.7. The van der Waals surface area contributed by atoms with Crippen molar-refractivity contribution < 1.29 is 25.9 Å². The quantitative estimate of drug-likeness (QED) is 0.579. The molecule has 0 aliphatic heterocycles. The second-order valence-corrected chi connectivity index (χ2v) is 4.91. The Morgan fingerprint density at radius 3 is 3.04 bits per heavy atom. The number of nitrogens with one attached hydrogen (secondary N) is 1. The van der Waals surface area contributed by atoms with Crippen LogP contribution < -0.4 is 5.32 Å². The zero-order chi connectivity index (χ0) is 15.5. The van der Waals surface area contributed by atoms with Gasteiger partial charge in [0.25, 0.3) is 0 Å². The van der Waals surface area contributed by atoms with Crippen LogP contribution in [0.1, 0.15) is 29.3 Å². The Labute approximate surface area is 147 Å². The van der Waals surface area contributed by atoms with Crippen LogP contribution in [0.3, 0.4) is 0 Å². The number of tetrazole rings is 1. The summed E-state index contributed by atoms with van der Waals surface area (Å²) in [4.78, 5) is 16.7. The Hall–Kier alpha value is -2.14. The number of fused-ring (bicyclic) bond motifs is 1. The van der Waals surface area contributed by atoms with Gasteiger partial charge in [0.2, 0.25) is 11.9 Å². The predicted octanol–water partition coefficient (Wildman–Crippen LogP) is 1.99. The van der Waals surface area contributed by atoms with Gasteiger partial charge in [-0.1, -0.05) is 30.6 Å². The molecule has 2 heterocycles. The molecule has 1 aromatic carbocycles. The Balaban J connectivity index is 0.00000192. The summed E-state index contributed by atoms with van der Waals surface area (Å²) in [6.45, 7) is 4.56. The topological polar surface area (TPSA) is 85.6 Å². The Bertz CT molecular complexity index is 832. The molecule has 0 aliphatic carbocycles. The number of benzene rings is 1. The number of nitrogens with zero attached hydrogens (tertiary/aromatic N) is 5. The first-order chi connectivity index (χ1) is 10.7. The summed E-state index contributed by atoms with van der Waals surface area (Å²) >= 11 is 0. The number of rotatable bonds is 4. The maximum atomic E-state index is 12.5. The van der Waals surface area contributed by atoms with Crippen LogP contribution in [0.4, 0.5) is 5.95 Å². The summed E-state index contributed by atoms with van der Waals surface area (Å²) in [5.74, 6) is 0.0872. The zero-order valence-electron chi connectivity index (χ0n) is 12.8. The second kappa shape index (κ2) is 7.42. The van der Waals surface area contributed by atoms with Crippen molar-refractivity contribution in [2.24, 2.45) is 0 Å². The molecular weight excluding hydrogens is 464 g/mol. The number of hydrogen-bond acceptors (Lipinski definition) is 5. The maximum Gasteiger partial charge on any atom is 0.248 e. The van der Waals surface area contributed by atoms with Crippen LogP contribution >= 0.6 is 0 Å². The third kappa shape index (κ3) is 3.45. The summed E-state index contributed by atoms with van der Waals surface area (Å²) in [7, 11) is 0. The van der Waals surface area contributed by atoms with Crippen molar-refractivity contribution in [1.29, 1.82) is 0 Å². The van der Waals surface area contributed by atoms with Crippen LogP contribution in [0, 0.1) is 13.0 Å². The molecule has 0 radical (unpaired) electrons. The molecular formula is C15H15N6OW-. The molecule has 23 heavy (non-hydrogen) atoms. The van der Waals surface area contributed by atoms with E-state index in [1.165, 1.54) is 0 Å². The van der Waals surface area contributed by atoms with Crippen molar-refractivity contribution in [2.45, 2.75) is 26.8 Å². The van der Waals surface area contributed by atoms with Gasteiger partial charge >= 0.3 is 0 Å². The number of amides is 1. The molecule has 8 heteroatoms. The van der Waals surface area contributed by atoms with E-state index in [9.17, 15) is 4.79 Å². The number of aryl methyl sites for hydroxylation is 2. The Kier molecular flexibility index (Phi) is 5.55. The maximum absolute atomic E-state index is 12.5. The van der Waals surface area contributed by atoms with Crippen molar-refractivity contribution in [3.63, 3.8) is 0 Å². The number of anilines is 1. The standard InChI is InChI=1S/C15H15N6O.W/c1-3-9-21-15(18-19-20-21)17-14(22)12-6-7-13-11(10(12)2)5-4-8-16-13;/h4-6,8H,3,9H2,1-2H3,(H,17,18,20,22);/q-1;. The normalized spacial score (nSPS) is 10.3.